The van der Waals surface area contributed by atoms with Gasteiger partial charge in [0.15, 0.2) is 0 Å². The van der Waals surface area contributed by atoms with Crippen LogP contribution in [0.1, 0.15) is 59.3 Å². The van der Waals surface area contributed by atoms with Crippen LogP contribution < -0.4 is 10.1 Å². The van der Waals surface area contributed by atoms with Gasteiger partial charge in [0.2, 0.25) is 0 Å². The second kappa shape index (κ2) is 10.4. The molecule has 1 amide bonds. The van der Waals surface area contributed by atoms with Crippen molar-refractivity contribution in [1.82, 2.24) is 10.2 Å². The van der Waals surface area contributed by atoms with Crippen molar-refractivity contribution in [3.8, 4) is 5.75 Å². The van der Waals surface area contributed by atoms with Crippen LogP contribution in [0, 0.1) is 0 Å². The molecular formula is C25H29ClN4O3S. The van der Waals surface area contributed by atoms with E-state index in [-0.39, 0.29) is 18.1 Å². The Morgan fingerprint density at radius 1 is 1.26 bits per heavy atom. The van der Waals surface area contributed by atoms with E-state index < -0.39 is 0 Å². The number of ether oxygens (including phenoxy) is 1. The van der Waals surface area contributed by atoms with Crippen molar-refractivity contribution in [3.63, 3.8) is 0 Å². The van der Waals surface area contributed by atoms with Crippen LogP contribution in [-0.2, 0) is 4.84 Å². The molecule has 1 N–H and O–H groups in total. The van der Waals surface area contributed by atoms with Gasteiger partial charge in [-0.1, -0.05) is 29.2 Å². The molecule has 2 aliphatic heterocycles. The quantitative estimate of drug-likeness (QED) is 0.596. The Hall–Kier alpha value is -2.58. The highest BCUT2D eigenvalue weighted by molar-refractivity contribution is 7.18. The lowest BCUT2D eigenvalue weighted by Crippen LogP contribution is -2.32. The molecule has 9 heteroatoms. The summed E-state index contributed by atoms with van der Waals surface area (Å²) >= 11 is 7.20. The summed E-state index contributed by atoms with van der Waals surface area (Å²) in [5.41, 5.74) is 2.86. The smallest absolute Gasteiger partial charge is 0.261 e. The predicted octanol–water partition coefficient (Wildman–Crippen LogP) is 4.73. The minimum atomic E-state index is -0.220. The Bertz CT molecular complexity index is 1110. The number of benzene rings is 1. The van der Waals surface area contributed by atoms with Crippen LogP contribution in [0.4, 0.5) is 0 Å². The molecule has 1 aliphatic carbocycles. The summed E-state index contributed by atoms with van der Waals surface area (Å²) in [5, 5.41) is 7.28. The number of likely N-dealkylation sites (N-methyl/N-ethyl adjacent to an activating group) is 1. The molecule has 34 heavy (non-hydrogen) atoms. The van der Waals surface area contributed by atoms with Gasteiger partial charge in [-0.15, -0.1) is 11.3 Å². The van der Waals surface area contributed by atoms with Gasteiger partial charge in [-0.25, -0.2) is 0 Å². The predicted molar refractivity (Wildman–Crippen MR) is 136 cm³/mol. The third-order valence-electron chi connectivity index (χ3n) is 6.48. The van der Waals surface area contributed by atoms with Gasteiger partial charge in [0.05, 0.1) is 34.1 Å². The number of thiophene rings is 1. The maximum Gasteiger partial charge on any atom is 0.261 e. The molecule has 0 saturated heterocycles. The van der Waals surface area contributed by atoms with Gasteiger partial charge in [0.25, 0.3) is 5.91 Å². The van der Waals surface area contributed by atoms with E-state index in [1.54, 1.807) is 12.1 Å². The summed E-state index contributed by atoms with van der Waals surface area (Å²) in [4.78, 5) is 25.4. The van der Waals surface area contributed by atoms with E-state index in [4.69, 9.17) is 21.2 Å². The van der Waals surface area contributed by atoms with Crippen molar-refractivity contribution >= 4 is 40.4 Å². The van der Waals surface area contributed by atoms with E-state index in [9.17, 15) is 4.79 Å². The second-order valence-electron chi connectivity index (χ2n) is 9.00. The zero-order valence-corrected chi connectivity index (χ0v) is 20.8. The molecule has 5 rings (SSSR count). The zero-order chi connectivity index (χ0) is 23.5. The number of amides is 1. The van der Waals surface area contributed by atoms with Crippen LogP contribution in [0.15, 0.2) is 40.5 Å². The Balaban J connectivity index is 1.29. The first-order valence-corrected chi connectivity index (χ1v) is 13.1. The van der Waals surface area contributed by atoms with E-state index in [1.807, 2.05) is 0 Å². The molecule has 0 bridgehead atoms. The topological polar surface area (TPSA) is 75.5 Å². The van der Waals surface area contributed by atoms with Crippen LogP contribution in [0.5, 0.6) is 5.75 Å². The molecule has 1 aromatic heterocycles. The van der Waals surface area contributed by atoms with Gasteiger partial charge in [-0.05, 0) is 49.9 Å². The third-order valence-corrected chi connectivity index (χ3v) is 7.71. The highest BCUT2D eigenvalue weighted by Gasteiger charge is 2.27. The summed E-state index contributed by atoms with van der Waals surface area (Å²) < 4.78 is 7.13. The van der Waals surface area contributed by atoms with Crippen molar-refractivity contribution in [2.24, 2.45) is 10.1 Å². The van der Waals surface area contributed by atoms with Gasteiger partial charge in [-0.3, -0.25) is 9.79 Å². The summed E-state index contributed by atoms with van der Waals surface area (Å²) in [6.07, 6.45) is 6.45. The fraction of sp³-hybridized carbons (Fsp3) is 0.480. The first-order valence-electron chi connectivity index (χ1n) is 11.9. The van der Waals surface area contributed by atoms with Gasteiger partial charge in [0, 0.05) is 31.1 Å². The average Bonchev–Trinajstić information content (AvgIpc) is 3.59. The number of nitrogens with one attached hydrogen (secondary N) is 1. The summed E-state index contributed by atoms with van der Waals surface area (Å²) in [6, 6.07) is 9.70. The molecule has 1 unspecified atom stereocenters. The van der Waals surface area contributed by atoms with Gasteiger partial charge >= 0.3 is 0 Å². The molecule has 1 aromatic carbocycles. The highest BCUT2D eigenvalue weighted by atomic mass is 35.5. The molecule has 2 aromatic rings. The SMILES string of the molecule is CN1CCN=C1c1ccc(C2=NOC(CNC(=O)c3ccc(Cl)s3)C2)c(OC2CCCCC2)c1. The number of nitrogens with zero attached hydrogens (tertiary/aromatic N) is 3. The molecule has 1 saturated carbocycles. The van der Waals surface area contributed by atoms with Crippen molar-refractivity contribution in [3.05, 3.63) is 50.7 Å². The number of halogens is 1. The first kappa shape index (κ1) is 23.2. The van der Waals surface area contributed by atoms with Crippen LogP contribution in [0.2, 0.25) is 4.34 Å². The summed E-state index contributed by atoms with van der Waals surface area (Å²) in [7, 11) is 2.07. The maximum atomic E-state index is 12.3. The molecule has 7 nitrogen and oxygen atoms in total. The average molecular weight is 501 g/mol. The number of hydrogen-bond acceptors (Lipinski definition) is 7. The minimum Gasteiger partial charge on any atom is -0.490 e. The minimum absolute atomic E-state index is 0.152. The lowest BCUT2D eigenvalue weighted by molar-refractivity contribution is 0.0755. The van der Waals surface area contributed by atoms with E-state index >= 15 is 0 Å². The van der Waals surface area contributed by atoms with Gasteiger partial charge in [0.1, 0.15) is 17.7 Å². The molecular weight excluding hydrogens is 472 g/mol. The molecule has 1 fully saturated rings. The molecule has 3 heterocycles. The monoisotopic (exact) mass is 500 g/mol. The van der Waals surface area contributed by atoms with Crippen molar-refractivity contribution in [2.45, 2.75) is 50.7 Å². The molecule has 180 valence electrons. The number of carbonyl (C=O) groups excluding carboxylic acids is 1. The van der Waals surface area contributed by atoms with Crippen LogP contribution in [0.25, 0.3) is 0 Å². The Kier molecular flexibility index (Phi) is 7.06. The fourth-order valence-corrected chi connectivity index (χ4v) is 5.59. The van der Waals surface area contributed by atoms with E-state index in [2.05, 4.69) is 45.6 Å². The number of oxime groups is 1. The maximum absolute atomic E-state index is 12.3. The fourth-order valence-electron chi connectivity index (χ4n) is 4.63. The number of carbonyl (C=O) groups is 1. The number of hydrogen-bond donors (Lipinski definition) is 1. The zero-order valence-electron chi connectivity index (χ0n) is 19.3. The first-order chi connectivity index (χ1) is 16.6. The molecule has 0 spiro atoms. The van der Waals surface area contributed by atoms with Crippen LogP contribution in [-0.4, -0.2) is 61.2 Å². The normalized spacial score (nSPS) is 20.6. The standard InChI is InChI=1S/C25H29ClN4O3S/c1-30-12-11-27-24(30)16-7-8-19(21(13-16)32-17-5-3-2-4-6-17)20-14-18(33-29-20)15-28-25(31)22-9-10-23(26)34-22/h7-10,13,17-18H,2-6,11-12,14-15H2,1H3,(H,28,31). The number of aliphatic imine (C=N–C) groups is 1. The van der Waals surface area contributed by atoms with Crippen molar-refractivity contribution < 1.29 is 14.4 Å². The summed E-state index contributed by atoms with van der Waals surface area (Å²) in [5.74, 6) is 1.69. The second-order valence-corrected chi connectivity index (χ2v) is 10.7. The third kappa shape index (κ3) is 5.23. The van der Waals surface area contributed by atoms with Crippen molar-refractivity contribution in [1.29, 1.82) is 0 Å². The lowest BCUT2D eigenvalue weighted by Gasteiger charge is -2.25. The Morgan fingerprint density at radius 3 is 2.85 bits per heavy atom. The van der Waals surface area contributed by atoms with E-state index in [0.29, 0.717) is 22.2 Å². The molecule has 1 atom stereocenters. The summed E-state index contributed by atoms with van der Waals surface area (Å²) in [6.45, 7) is 2.12. The Morgan fingerprint density at radius 2 is 2.12 bits per heavy atom. The van der Waals surface area contributed by atoms with E-state index in [1.165, 1.54) is 30.6 Å². The molecule has 3 aliphatic rings. The van der Waals surface area contributed by atoms with Crippen LogP contribution >= 0.6 is 22.9 Å². The number of rotatable bonds is 7. The van der Waals surface area contributed by atoms with Crippen LogP contribution in [0.3, 0.4) is 0 Å². The largest absolute Gasteiger partial charge is 0.490 e. The Labute approximate surface area is 208 Å². The van der Waals surface area contributed by atoms with Gasteiger partial charge in [-0.2, -0.15) is 0 Å². The molecule has 0 radical (unpaired) electrons. The van der Waals surface area contributed by atoms with Crippen molar-refractivity contribution in [2.75, 3.05) is 26.7 Å². The van der Waals surface area contributed by atoms with E-state index in [0.717, 1.165) is 54.4 Å². The number of amidine groups is 1. The lowest BCUT2D eigenvalue weighted by atomic mass is 9.97. The highest BCUT2D eigenvalue weighted by Crippen LogP contribution is 2.31. The van der Waals surface area contributed by atoms with Gasteiger partial charge < -0.3 is 19.8 Å².